The van der Waals surface area contributed by atoms with E-state index >= 15 is 0 Å². The summed E-state index contributed by atoms with van der Waals surface area (Å²) in [5.41, 5.74) is 0. The molecule has 0 aromatic carbocycles. The average molecular weight is 296 g/mol. The third-order valence-electron chi connectivity index (χ3n) is 4.77. The number of amides is 2. The molecule has 5 nitrogen and oxygen atoms in total. The number of aliphatic hydroxyl groups is 1. The van der Waals surface area contributed by atoms with Crippen LogP contribution in [-0.4, -0.2) is 35.1 Å². The Bertz CT molecular complexity index is 393. The van der Waals surface area contributed by atoms with E-state index in [-0.39, 0.29) is 23.8 Å². The summed E-state index contributed by atoms with van der Waals surface area (Å²) in [6, 6.07) is -0.697. The van der Waals surface area contributed by atoms with Gasteiger partial charge in [-0.3, -0.25) is 9.59 Å². The highest BCUT2D eigenvalue weighted by Crippen LogP contribution is 2.30. The molecular weight excluding hydrogens is 268 g/mol. The fraction of sp³-hybridized carbons (Fsp3) is 0.875. The molecular formula is C16H28N2O3. The minimum Gasteiger partial charge on any atom is -0.391 e. The van der Waals surface area contributed by atoms with Gasteiger partial charge in [-0.2, -0.15) is 0 Å². The van der Waals surface area contributed by atoms with Gasteiger partial charge >= 0.3 is 0 Å². The van der Waals surface area contributed by atoms with Gasteiger partial charge in [0.15, 0.2) is 0 Å². The van der Waals surface area contributed by atoms with Gasteiger partial charge in [-0.15, -0.1) is 0 Å². The van der Waals surface area contributed by atoms with Crippen LogP contribution in [0.5, 0.6) is 0 Å². The molecule has 2 fully saturated rings. The lowest BCUT2D eigenvalue weighted by molar-refractivity contribution is -0.133. The van der Waals surface area contributed by atoms with Gasteiger partial charge in [-0.25, -0.2) is 0 Å². The second kappa shape index (κ2) is 6.77. The largest absolute Gasteiger partial charge is 0.391 e. The van der Waals surface area contributed by atoms with Gasteiger partial charge in [0.1, 0.15) is 6.04 Å². The summed E-state index contributed by atoms with van der Waals surface area (Å²) in [5, 5.41) is 15.5. The second-order valence-corrected chi connectivity index (χ2v) is 7.01. The minimum absolute atomic E-state index is 0.0357. The van der Waals surface area contributed by atoms with Gasteiger partial charge in [0.2, 0.25) is 11.8 Å². The summed E-state index contributed by atoms with van der Waals surface area (Å²) in [6.45, 7) is 5.94. The van der Waals surface area contributed by atoms with Crippen LogP contribution in [0.4, 0.5) is 0 Å². The van der Waals surface area contributed by atoms with E-state index in [4.69, 9.17) is 0 Å². The molecule has 5 unspecified atom stereocenters. The van der Waals surface area contributed by atoms with Gasteiger partial charge in [0, 0.05) is 12.0 Å². The summed E-state index contributed by atoms with van der Waals surface area (Å²) in [5.74, 6) is 0.807. The highest BCUT2D eigenvalue weighted by atomic mass is 16.3. The lowest BCUT2D eigenvalue weighted by Gasteiger charge is -2.34. The number of aliphatic hydroxyl groups excluding tert-OH is 1. The number of nitrogens with one attached hydrogen (secondary N) is 2. The Kier molecular flexibility index (Phi) is 5.25. The topological polar surface area (TPSA) is 78.4 Å². The zero-order valence-electron chi connectivity index (χ0n) is 13.3. The normalized spacial score (nSPS) is 32.1. The fourth-order valence-electron chi connectivity index (χ4n) is 3.17. The number of carbonyl (C=O) groups excluding carboxylic acids is 2. The van der Waals surface area contributed by atoms with E-state index in [0.29, 0.717) is 11.8 Å². The third kappa shape index (κ3) is 4.43. The maximum Gasteiger partial charge on any atom is 0.245 e. The van der Waals surface area contributed by atoms with Gasteiger partial charge in [-0.05, 0) is 50.9 Å². The zero-order valence-corrected chi connectivity index (χ0v) is 13.3. The summed E-state index contributed by atoms with van der Waals surface area (Å²) in [6.07, 6.45) is 4.08. The molecule has 0 aromatic heterocycles. The highest BCUT2D eigenvalue weighted by molar-refractivity contribution is 5.89. The van der Waals surface area contributed by atoms with Crippen molar-refractivity contribution in [1.82, 2.24) is 10.6 Å². The van der Waals surface area contributed by atoms with Crippen LogP contribution >= 0.6 is 0 Å². The van der Waals surface area contributed by atoms with E-state index in [2.05, 4.69) is 24.5 Å². The van der Waals surface area contributed by atoms with Crippen LogP contribution in [0.25, 0.3) is 0 Å². The monoisotopic (exact) mass is 296 g/mol. The van der Waals surface area contributed by atoms with Gasteiger partial charge in [0.05, 0.1) is 6.10 Å². The maximum absolute atomic E-state index is 12.4. The predicted molar refractivity (Wildman–Crippen MR) is 80.4 cm³/mol. The lowest BCUT2D eigenvalue weighted by Crippen LogP contribution is -2.56. The zero-order chi connectivity index (χ0) is 15.6. The van der Waals surface area contributed by atoms with Crippen LogP contribution in [0.3, 0.4) is 0 Å². The molecule has 2 rings (SSSR count). The smallest absolute Gasteiger partial charge is 0.245 e. The Morgan fingerprint density at radius 1 is 1.14 bits per heavy atom. The number of rotatable bonds is 5. The Labute approximate surface area is 126 Å². The fourth-order valence-corrected chi connectivity index (χ4v) is 3.17. The molecule has 2 aliphatic rings. The quantitative estimate of drug-likeness (QED) is 0.713. The van der Waals surface area contributed by atoms with E-state index in [1.54, 1.807) is 6.92 Å². The molecule has 0 aliphatic heterocycles. The van der Waals surface area contributed by atoms with Gasteiger partial charge in [-0.1, -0.05) is 13.8 Å². The molecule has 2 amide bonds. The van der Waals surface area contributed by atoms with Crippen molar-refractivity contribution in [3.05, 3.63) is 0 Å². The van der Waals surface area contributed by atoms with E-state index < -0.39 is 12.1 Å². The molecule has 3 N–H and O–H groups in total. The Balaban J connectivity index is 1.90. The maximum atomic E-state index is 12.4. The molecule has 5 heteroatoms. The molecule has 0 bridgehead atoms. The molecule has 0 aromatic rings. The molecule has 0 heterocycles. The standard InChI is InChI=1S/C16H28N2O3/c1-9-4-7-13(10(2)8-9)17-16(21)14(11(3)19)18-15(20)12-5-6-12/h9-14,19H,4-8H2,1-3H3,(H,17,21)(H,18,20). The summed E-state index contributed by atoms with van der Waals surface area (Å²) < 4.78 is 0. The average Bonchev–Trinajstić information content (AvgIpc) is 3.22. The highest BCUT2D eigenvalue weighted by Gasteiger charge is 2.35. The first-order valence-electron chi connectivity index (χ1n) is 8.17. The molecule has 120 valence electrons. The first-order chi connectivity index (χ1) is 9.88. The van der Waals surface area contributed by atoms with Crippen LogP contribution < -0.4 is 10.6 Å². The summed E-state index contributed by atoms with van der Waals surface area (Å²) in [4.78, 5) is 24.2. The van der Waals surface area contributed by atoms with E-state index in [9.17, 15) is 14.7 Å². The van der Waals surface area contributed by atoms with Crippen molar-refractivity contribution in [2.45, 2.75) is 71.1 Å². The van der Waals surface area contributed by atoms with Crippen molar-refractivity contribution in [2.24, 2.45) is 17.8 Å². The van der Waals surface area contributed by atoms with Crippen molar-refractivity contribution in [3.8, 4) is 0 Å². The van der Waals surface area contributed by atoms with Crippen LogP contribution in [0.2, 0.25) is 0 Å². The van der Waals surface area contributed by atoms with E-state index in [1.165, 1.54) is 0 Å². The first kappa shape index (κ1) is 16.3. The van der Waals surface area contributed by atoms with Crippen molar-refractivity contribution in [3.63, 3.8) is 0 Å². The van der Waals surface area contributed by atoms with Crippen molar-refractivity contribution in [1.29, 1.82) is 0 Å². The molecule has 0 spiro atoms. The number of carbonyl (C=O) groups is 2. The molecule has 5 atom stereocenters. The predicted octanol–water partition coefficient (Wildman–Crippen LogP) is 1.20. The van der Waals surface area contributed by atoms with Crippen molar-refractivity contribution < 1.29 is 14.7 Å². The molecule has 2 aliphatic carbocycles. The first-order valence-corrected chi connectivity index (χ1v) is 8.17. The Morgan fingerprint density at radius 3 is 2.33 bits per heavy atom. The van der Waals surface area contributed by atoms with Gasteiger partial charge in [0.25, 0.3) is 0 Å². The van der Waals surface area contributed by atoms with Gasteiger partial charge < -0.3 is 15.7 Å². The van der Waals surface area contributed by atoms with Crippen LogP contribution in [0.1, 0.15) is 52.9 Å². The van der Waals surface area contributed by atoms with Crippen molar-refractivity contribution >= 4 is 11.8 Å². The molecule has 0 radical (unpaired) electrons. The van der Waals surface area contributed by atoms with E-state index in [1.807, 2.05) is 0 Å². The third-order valence-corrected chi connectivity index (χ3v) is 4.77. The summed E-state index contributed by atoms with van der Waals surface area (Å²) >= 11 is 0. The van der Waals surface area contributed by atoms with Crippen molar-refractivity contribution in [2.75, 3.05) is 0 Å². The molecule has 21 heavy (non-hydrogen) atoms. The number of hydrogen-bond donors (Lipinski definition) is 3. The SMILES string of the molecule is CC1CCC(NC(=O)C(NC(=O)C2CC2)C(C)O)C(C)C1. The minimum atomic E-state index is -0.884. The molecule has 2 saturated carbocycles. The van der Waals surface area contributed by atoms with E-state index in [0.717, 1.165) is 32.1 Å². The Morgan fingerprint density at radius 2 is 1.81 bits per heavy atom. The lowest BCUT2D eigenvalue weighted by atomic mass is 9.80. The van der Waals surface area contributed by atoms with Crippen LogP contribution in [0.15, 0.2) is 0 Å². The van der Waals surface area contributed by atoms with Crippen LogP contribution in [0, 0.1) is 17.8 Å². The van der Waals surface area contributed by atoms with Crippen LogP contribution in [-0.2, 0) is 9.59 Å². The number of hydrogen-bond acceptors (Lipinski definition) is 3. The summed E-state index contributed by atoms with van der Waals surface area (Å²) in [7, 11) is 0. The second-order valence-electron chi connectivity index (χ2n) is 7.01. The Hall–Kier alpha value is -1.10. The molecule has 0 saturated heterocycles.